The Balaban J connectivity index is 1.98. The third kappa shape index (κ3) is 3.34. The first-order valence-electron chi connectivity index (χ1n) is 7.37. The average molecular weight is 374 g/mol. The Labute approximate surface area is 153 Å². The normalized spacial score (nSPS) is 10.7. The second kappa shape index (κ2) is 6.78. The van der Waals surface area contributed by atoms with Crippen LogP contribution in [0.4, 0.5) is 0 Å². The van der Waals surface area contributed by atoms with Crippen LogP contribution in [0.3, 0.4) is 0 Å². The van der Waals surface area contributed by atoms with Crippen LogP contribution in [-0.4, -0.2) is 20.3 Å². The molecule has 0 amide bonds. The van der Waals surface area contributed by atoms with Gasteiger partial charge < -0.3 is 4.57 Å². The topological polar surface area (TPSA) is 64.8 Å². The van der Waals surface area contributed by atoms with Gasteiger partial charge in [0, 0.05) is 24.4 Å². The quantitative estimate of drug-likeness (QED) is 0.518. The molecule has 5 nitrogen and oxygen atoms in total. The standard InChI is InChI=1S/C18H13Cl2N3O2/c1-10-7-13(8-23(2)18(10)25)11-3-5-12(6-4-11)15(24)14-16(19)21-9-22-17(14)20/h3-9H,1-2H3. The van der Waals surface area contributed by atoms with Crippen molar-refractivity contribution in [3.8, 4) is 11.1 Å². The third-order valence-electron chi connectivity index (χ3n) is 3.82. The van der Waals surface area contributed by atoms with Crippen molar-refractivity contribution in [3.63, 3.8) is 0 Å². The molecule has 0 aliphatic carbocycles. The number of benzene rings is 1. The summed E-state index contributed by atoms with van der Waals surface area (Å²) in [5.74, 6) is -0.348. The highest BCUT2D eigenvalue weighted by Gasteiger charge is 2.18. The molecule has 0 aliphatic heterocycles. The monoisotopic (exact) mass is 373 g/mol. The maximum atomic E-state index is 12.6. The maximum Gasteiger partial charge on any atom is 0.253 e. The smallest absolute Gasteiger partial charge is 0.253 e. The maximum absolute atomic E-state index is 12.6. The number of hydrogen-bond acceptors (Lipinski definition) is 4. The predicted molar refractivity (Wildman–Crippen MR) is 97.3 cm³/mol. The Hall–Kier alpha value is -2.50. The molecule has 25 heavy (non-hydrogen) atoms. The zero-order valence-electron chi connectivity index (χ0n) is 13.5. The van der Waals surface area contributed by atoms with Crippen molar-refractivity contribution in [2.45, 2.75) is 6.92 Å². The van der Waals surface area contributed by atoms with Gasteiger partial charge in [-0.05, 0) is 24.1 Å². The van der Waals surface area contributed by atoms with Gasteiger partial charge in [-0.15, -0.1) is 0 Å². The van der Waals surface area contributed by atoms with E-state index in [1.807, 2.05) is 6.07 Å². The molecule has 7 heteroatoms. The summed E-state index contributed by atoms with van der Waals surface area (Å²) in [6, 6.07) is 8.78. The summed E-state index contributed by atoms with van der Waals surface area (Å²) in [5, 5.41) is 0.0329. The molecular formula is C18H13Cl2N3O2. The summed E-state index contributed by atoms with van der Waals surface area (Å²) >= 11 is 11.9. The number of hydrogen-bond donors (Lipinski definition) is 0. The molecule has 3 rings (SSSR count). The fraction of sp³-hybridized carbons (Fsp3) is 0.111. The van der Waals surface area contributed by atoms with Crippen LogP contribution >= 0.6 is 23.2 Å². The van der Waals surface area contributed by atoms with E-state index in [0.717, 1.165) is 11.1 Å². The Morgan fingerprint density at radius 3 is 2.20 bits per heavy atom. The molecule has 0 N–H and O–H groups in total. The minimum Gasteiger partial charge on any atom is -0.318 e. The molecule has 0 spiro atoms. The summed E-state index contributed by atoms with van der Waals surface area (Å²) in [7, 11) is 1.70. The van der Waals surface area contributed by atoms with Gasteiger partial charge in [0.1, 0.15) is 16.6 Å². The largest absolute Gasteiger partial charge is 0.318 e. The van der Waals surface area contributed by atoms with Gasteiger partial charge >= 0.3 is 0 Å². The molecule has 126 valence electrons. The van der Waals surface area contributed by atoms with Gasteiger partial charge in [-0.2, -0.15) is 0 Å². The fourth-order valence-electron chi connectivity index (χ4n) is 2.53. The lowest BCUT2D eigenvalue weighted by molar-refractivity contribution is 0.103. The third-order valence-corrected chi connectivity index (χ3v) is 4.40. The molecule has 2 aromatic heterocycles. The van der Waals surface area contributed by atoms with Gasteiger partial charge in [0.25, 0.3) is 5.56 Å². The van der Waals surface area contributed by atoms with E-state index in [0.29, 0.717) is 11.1 Å². The zero-order valence-corrected chi connectivity index (χ0v) is 15.0. The van der Waals surface area contributed by atoms with Gasteiger partial charge in [0.05, 0.1) is 5.56 Å². The number of rotatable bonds is 3. The number of pyridine rings is 1. The molecule has 0 fully saturated rings. The van der Waals surface area contributed by atoms with E-state index >= 15 is 0 Å². The molecule has 0 radical (unpaired) electrons. The first-order chi connectivity index (χ1) is 11.9. The van der Waals surface area contributed by atoms with Gasteiger partial charge in [-0.3, -0.25) is 9.59 Å². The summed E-state index contributed by atoms with van der Waals surface area (Å²) in [6.07, 6.45) is 2.96. The lowest BCUT2D eigenvalue weighted by Gasteiger charge is -2.08. The van der Waals surface area contributed by atoms with Crippen LogP contribution in [0.25, 0.3) is 11.1 Å². The van der Waals surface area contributed by atoms with Crippen LogP contribution in [0.1, 0.15) is 21.5 Å². The number of ketones is 1. The average Bonchev–Trinajstić information content (AvgIpc) is 2.59. The molecule has 0 atom stereocenters. The summed E-state index contributed by atoms with van der Waals surface area (Å²) < 4.78 is 1.53. The molecule has 3 aromatic rings. The molecule has 0 aliphatic rings. The van der Waals surface area contributed by atoms with Crippen LogP contribution in [0.2, 0.25) is 10.3 Å². The Morgan fingerprint density at radius 1 is 1.04 bits per heavy atom. The van der Waals surface area contributed by atoms with Crippen molar-refractivity contribution in [1.82, 2.24) is 14.5 Å². The van der Waals surface area contributed by atoms with E-state index in [2.05, 4.69) is 9.97 Å². The lowest BCUT2D eigenvalue weighted by atomic mass is 10.0. The summed E-state index contributed by atoms with van der Waals surface area (Å²) in [5.41, 5.74) is 2.89. The van der Waals surface area contributed by atoms with Crippen LogP contribution in [-0.2, 0) is 7.05 Å². The van der Waals surface area contributed by atoms with Crippen molar-refractivity contribution in [1.29, 1.82) is 0 Å². The highest BCUT2D eigenvalue weighted by Crippen LogP contribution is 2.25. The van der Waals surface area contributed by atoms with Crippen molar-refractivity contribution < 1.29 is 4.79 Å². The number of carbonyl (C=O) groups is 1. The highest BCUT2D eigenvalue weighted by atomic mass is 35.5. The fourth-order valence-corrected chi connectivity index (χ4v) is 3.01. The van der Waals surface area contributed by atoms with Crippen LogP contribution in [0.5, 0.6) is 0 Å². The van der Waals surface area contributed by atoms with E-state index in [4.69, 9.17) is 23.2 Å². The molecule has 1 aromatic carbocycles. The Morgan fingerprint density at radius 2 is 1.64 bits per heavy atom. The summed E-state index contributed by atoms with van der Waals surface area (Å²) in [4.78, 5) is 32.0. The van der Waals surface area contributed by atoms with Crippen molar-refractivity contribution in [3.05, 3.63) is 80.2 Å². The number of nitrogens with zero attached hydrogens (tertiary/aromatic N) is 3. The molecule has 0 unspecified atom stereocenters. The van der Waals surface area contributed by atoms with Gasteiger partial charge in [0.2, 0.25) is 0 Å². The Kier molecular flexibility index (Phi) is 4.70. The van der Waals surface area contributed by atoms with E-state index in [9.17, 15) is 9.59 Å². The molecular weight excluding hydrogens is 361 g/mol. The van der Waals surface area contributed by atoms with Gasteiger partial charge in [-0.25, -0.2) is 9.97 Å². The van der Waals surface area contributed by atoms with E-state index in [1.54, 1.807) is 44.4 Å². The highest BCUT2D eigenvalue weighted by molar-refractivity contribution is 6.39. The van der Waals surface area contributed by atoms with E-state index < -0.39 is 0 Å². The second-order valence-electron chi connectivity index (χ2n) is 5.56. The number of aromatic nitrogens is 3. The zero-order chi connectivity index (χ0) is 18.1. The molecule has 0 saturated carbocycles. The van der Waals surface area contributed by atoms with Crippen LogP contribution in [0.15, 0.2) is 47.7 Å². The van der Waals surface area contributed by atoms with E-state index in [1.165, 1.54) is 10.9 Å². The summed E-state index contributed by atoms with van der Waals surface area (Å²) in [6.45, 7) is 1.77. The van der Waals surface area contributed by atoms with Crippen molar-refractivity contribution in [2.24, 2.45) is 7.05 Å². The van der Waals surface area contributed by atoms with E-state index in [-0.39, 0.29) is 27.2 Å². The minimum atomic E-state index is -0.348. The van der Waals surface area contributed by atoms with Gasteiger partial charge in [0.15, 0.2) is 5.78 Å². The van der Waals surface area contributed by atoms with Crippen molar-refractivity contribution in [2.75, 3.05) is 0 Å². The lowest BCUT2D eigenvalue weighted by Crippen LogP contribution is -2.18. The second-order valence-corrected chi connectivity index (χ2v) is 6.28. The predicted octanol–water partition coefficient (Wildman–Crippen LogP) is 3.69. The van der Waals surface area contributed by atoms with Crippen molar-refractivity contribution >= 4 is 29.0 Å². The molecule has 0 bridgehead atoms. The first-order valence-corrected chi connectivity index (χ1v) is 8.12. The SMILES string of the molecule is Cc1cc(-c2ccc(C(=O)c3c(Cl)ncnc3Cl)cc2)cn(C)c1=O. The molecule has 0 saturated heterocycles. The van der Waals surface area contributed by atoms with Crippen LogP contribution < -0.4 is 5.56 Å². The van der Waals surface area contributed by atoms with Crippen LogP contribution in [0, 0.1) is 6.92 Å². The minimum absolute atomic E-state index is 0.0164. The number of carbonyl (C=O) groups excluding carboxylic acids is 1. The number of halogens is 2. The Bertz CT molecular complexity index is 981. The molecule has 2 heterocycles. The first kappa shape index (κ1) is 17.3. The van der Waals surface area contributed by atoms with Gasteiger partial charge in [-0.1, -0.05) is 47.5 Å². The number of aryl methyl sites for hydroxylation is 2.